The number of carbonyl (C=O) groups is 1. The average molecular weight is 370 g/mol. The molecule has 27 heavy (non-hydrogen) atoms. The van der Waals surface area contributed by atoms with Crippen LogP contribution in [0.2, 0.25) is 0 Å². The summed E-state index contributed by atoms with van der Waals surface area (Å²) in [5.74, 6) is 2.16. The van der Waals surface area contributed by atoms with Gasteiger partial charge in [0.05, 0.1) is 17.1 Å². The van der Waals surface area contributed by atoms with Crippen molar-refractivity contribution in [3.8, 4) is 0 Å². The van der Waals surface area contributed by atoms with Crippen molar-refractivity contribution in [2.24, 2.45) is 0 Å². The van der Waals surface area contributed by atoms with E-state index in [0.29, 0.717) is 24.7 Å². The lowest BCUT2D eigenvalue weighted by Gasteiger charge is -2.19. The maximum Gasteiger partial charge on any atom is 0.317 e. The fourth-order valence-corrected chi connectivity index (χ4v) is 2.68. The molecule has 2 aromatic heterocycles. The van der Waals surface area contributed by atoms with Gasteiger partial charge in [0.1, 0.15) is 5.82 Å². The summed E-state index contributed by atoms with van der Waals surface area (Å²) >= 11 is 0. The minimum absolute atomic E-state index is 0.174. The zero-order chi connectivity index (χ0) is 19.6. The SMILES string of the molecule is Cc1ccc2nc([C@H](C)NC(=O)N(C)CCc3noc(C(C)C)n3)[nH]c2c1. The number of rotatable bonds is 6. The minimum atomic E-state index is -0.231. The van der Waals surface area contributed by atoms with Crippen LogP contribution in [-0.2, 0) is 6.42 Å². The lowest BCUT2D eigenvalue weighted by atomic mass is 10.2. The topological polar surface area (TPSA) is 99.9 Å². The van der Waals surface area contributed by atoms with E-state index in [1.807, 2.05) is 45.9 Å². The van der Waals surface area contributed by atoms with Crippen molar-refractivity contribution in [1.82, 2.24) is 30.3 Å². The molecule has 0 saturated carbocycles. The number of hydrogen-bond donors (Lipinski definition) is 2. The highest BCUT2D eigenvalue weighted by Crippen LogP contribution is 2.17. The highest BCUT2D eigenvalue weighted by molar-refractivity contribution is 5.77. The maximum absolute atomic E-state index is 12.4. The third-order valence-electron chi connectivity index (χ3n) is 4.40. The largest absolute Gasteiger partial charge is 0.340 e. The molecule has 144 valence electrons. The number of nitrogens with zero attached hydrogens (tertiary/aromatic N) is 4. The summed E-state index contributed by atoms with van der Waals surface area (Å²) in [7, 11) is 1.74. The first-order chi connectivity index (χ1) is 12.8. The van der Waals surface area contributed by atoms with Gasteiger partial charge in [0, 0.05) is 25.9 Å². The van der Waals surface area contributed by atoms with Crippen LogP contribution in [0.5, 0.6) is 0 Å². The summed E-state index contributed by atoms with van der Waals surface area (Å²) in [6, 6.07) is 5.63. The normalized spacial score (nSPS) is 12.5. The highest BCUT2D eigenvalue weighted by atomic mass is 16.5. The van der Waals surface area contributed by atoms with Gasteiger partial charge in [-0.15, -0.1) is 0 Å². The van der Waals surface area contributed by atoms with E-state index >= 15 is 0 Å². The van der Waals surface area contributed by atoms with Crippen LogP contribution in [0.25, 0.3) is 11.0 Å². The van der Waals surface area contributed by atoms with Gasteiger partial charge in [0.2, 0.25) is 5.89 Å². The van der Waals surface area contributed by atoms with E-state index in [1.165, 1.54) is 0 Å². The van der Waals surface area contributed by atoms with Crippen LogP contribution in [0.3, 0.4) is 0 Å². The molecule has 0 radical (unpaired) electrons. The van der Waals surface area contributed by atoms with Gasteiger partial charge in [-0.05, 0) is 31.5 Å². The number of carbonyl (C=O) groups excluding carboxylic acids is 1. The van der Waals surface area contributed by atoms with Crippen molar-refractivity contribution in [2.75, 3.05) is 13.6 Å². The number of aromatic amines is 1. The Kier molecular flexibility index (Phi) is 5.43. The summed E-state index contributed by atoms with van der Waals surface area (Å²) in [4.78, 5) is 26.2. The highest BCUT2D eigenvalue weighted by Gasteiger charge is 2.17. The van der Waals surface area contributed by atoms with Gasteiger partial charge in [-0.1, -0.05) is 25.1 Å². The average Bonchev–Trinajstić information content (AvgIpc) is 3.26. The van der Waals surface area contributed by atoms with Gasteiger partial charge in [-0.3, -0.25) is 0 Å². The van der Waals surface area contributed by atoms with E-state index in [0.717, 1.165) is 22.4 Å². The summed E-state index contributed by atoms with van der Waals surface area (Å²) in [6.45, 7) is 8.43. The fraction of sp³-hybridized carbons (Fsp3) is 0.474. The number of aryl methyl sites for hydroxylation is 1. The van der Waals surface area contributed by atoms with Crippen molar-refractivity contribution in [1.29, 1.82) is 0 Å². The van der Waals surface area contributed by atoms with Crippen molar-refractivity contribution in [2.45, 2.75) is 46.1 Å². The third-order valence-corrected chi connectivity index (χ3v) is 4.40. The third kappa shape index (κ3) is 4.45. The monoisotopic (exact) mass is 370 g/mol. The van der Waals surface area contributed by atoms with E-state index in [1.54, 1.807) is 11.9 Å². The smallest absolute Gasteiger partial charge is 0.317 e. The number of nitrogens with one attached hydrogen (secondary N) is 2. The molecule has 0 aliphatic heterocycles. The number of benzene rings is 1. The first-order valence-corrected chi connectivity index (χ1v) is 9.14. The molecule has 3 rings (SSSR count). The van der Waals surface area contributed by atoms with Crippen LogP contribution >= 0.6 is 0 Å². The number of H-pyrrole nitrogens is 1. The van der Waals surface area contributed by atoms with Gasteiger partial charge < -0.3 is 19.7 Å². The molecule has 0 saturated heterocycles. The molecule has 8 heteroatoms. The van der Waals surface area contributed by atoms with Crippen molar-refractivity contribution >= 4 is 17.1 Å². The Balaban J connectivity index is 1.56. The molecule has 1 aromatic carbocycles. The predicted octanol–water partition coefficient (Wildman–Crippen LogP) is 3.32. The Morgan fingerprint density at radius 1 is 1.30 bits per heavy atom. The first-order valence-electron chi connectivity index (χ1n) is 9.14. The molecule has 3 aromatic rings. The number of imidazole rings is 1. The summed E-state index contributed by atoms with van der Waals surface area (Å²) in [5, 5.41) is 6.91. The van der Waals surface area contributed by atoms with Crippen LogP contribution < -0.4 is 5.32 Å². The molecule has 8 nitrogen and oxygen atoms in total. The van der Waals surface area contributed by atoms with Gasteiger partial charge in [-0.2, -0.15) is 4.98 Å². The number of hydrogen-bond acceptors (Lipinski definition) is 5. The second kappa shape index (κ2) is 7.77. The number of urea groups is 1. The standard InChI is InChI=1S/C19H26N6O2/c1-11(2)18-23-16(24-27-18)8-9-25(5)19(26)20-13(4)17-21-14-7-6-12(3)10-15(14)22-17/h6-7,10-11,13H,8-9H2,1-5H3,(H,20,26)(H,21,22)/t13-/m0/s1. The molecule has 2 N–H and O–H groups in total. The molecular formula is C19H26N6O2. The Hall–Kier alpha value is -2.90. The van der Waals surface area contributed by atoms with Crippen LogP contribution in [-0.4, -0.2) is 44.6 Å². The van der Waals surface area contributed by atoms with Crippen LogP contribution in [0, 0.1) is 6.92 Å². The van der Waals surface area contributed by atoms with E-state index in [2.05, 4.69) is 25.4 Å². The van der Waals surface area contributed by atoms with E-state index < -0.39 is 0 Å². The maximum atomic E-state index is 12.4. The lowest BCUT2D eigenvalue weighted by molar-refractivity contribution is 0.205. The van der Waals surface area contributed by atoms with Crippen molar-refractivity contribution in [3.05, 3.63) is 41.3 Å². The summed E-state index contributed by atoms with van der Waals surface area (Å²) in [5.41, 5.74) is 3.02. The van der Waals surface area contributed by atoms with E-state index in [9.17, 15) is 4.79 Å². The second-order valence-electron chi connectivity index (χ2n) is 7.19. The molecule has 2 heterocycles. The molecule has 0 fully saturated rings. The number of aromatic nitrogens is 4. The van der Waals surface area contributed by atoms with Crippen molar-refractivity contribution < 1.29 is 9.32 Å². The van der Waals surface area contributed by atoms with Gasteiger partial charge in [-0.25, -0.2) is 9.78 Å². The van der Waals surface area contributed by atoms with E-state index in [-0.39, 0.29) is 18.0 Å². The lowest BCUT2D eigenvalue weighted by Crippen LogP contribution is -2.39. The van der Waals surface area contributed by atoms with Gasteiger partial charge >= 0.3 is 6.03 Å². The number of fused-ring (bicyclic) bond motifs is 1. The Morgan fingerprint density at radius 3 is 2.78 bits per heavy atom. The Labute approximate surface area is 158 Å². The quantitative estimate of drug-likeness (QED) is 0.693. The molecule has 0 aliphatic rings. The van der Waals surface area contributed by atoms with Crippen LogP contribution in [0.15, 0.2) is 22.7 Å². The molecule has 1 atom stereocenters. The summed E-state index contributed by atoms with van der Waals surface area (Å²) in [6.07, 6.45) is 0.540. The molecule has 0 unspecified atom stereocenters. The number of likely N-dealkylation sites (N-methyl/N-ethyl adjacent to an activating group) is 1. The molecule has 2 amide bonds. The van der Waals surface area contributed by atoms with Gasteiger partial charge in [0.15, 0.2) is 5.82 Å². The van der Waals surface area contributed by atoms with E-state index in [4.69, 9.17) is 4.52 Å². The van der Waals surface area contributed by atoms with Crippen LogP contribution in [0.1, 0.15) is 55.8 Å². The number of amides is 2. The minimum Gasteiger partial charge on any atom is -0.340 e. The van der Waals surface area contributed by atoms with Gasteiger partial charge in [0.25, 0.3) is 0 Å². The summed E-state index contributed by atoms with van der Waals surface area (Å²) < 4.78 is 5.19. The molecule has 0 bridgehead atoms. The molecule has 0 spiro atoms. The second-order valence-corrected chi connectivity index (χ2v) is 7.19. The first kappa shape index (κ1) is 18.9. The zero-order valence-electron chi connectivity index (χ0n) is 16.4. The Morgan fingerprint density at radius 2 is 2.07 bits per heavy atom. The fourth-order valence-electron chi connectivity index (χ4n) is 2.68. The Bertz CT molecular complexity index is 929. The van der Waals surface area contributed by atoms with Crippen molar-refractivity contribution in [3.63, 3.8) is 0 Å². The predicted molar refractivity (Wildman–Crippen MR) is 102 cm³/mol. The van der Waals surface area contributed by atoms with Crippen LogP contribution in [0.4, 0.5) is 4.79 Å². The zero-order valence-corrected chi connectivity index (χ0v) is 16.4. The molecule has 0 aliphatic carbocycles. The molecular weight excluding hydrogens is 344 g/mol.